The summed E-state index contributed by atoms with van der Waals surface area (Å²) in [7, 11) is 1.66. The molecule has 8 heteroatoms. The third-order valence-electron chi connectivity index (χ3n) is 5.94. The van der Waals surface area contributed by atoms with Gasteiger partial charge in [-0.25, -0.2) is 0 Å². The molecule has 34 heavy (non-hydrogen) atoms. The van der Waals surface area contributed by atoms with Gasteiger partial charge in [-0.2, -0.15) is 0 Å². The number of carbonyl (C=O) groups excluding carboxylic acids is 2. The molecule has 1 aliphatic rings. The van der Waals surface area contributed by atoms with E-state index in [0.29, 0.717) is 16.9 Å². The van der Waals surface area contributed by atoms with Crippen LogP contribution in [0.5, 0.6) is 0 Å². The third-order valence-corrected chi connectivity index (χ3v) is 5.94. The Morgan fingerprint density at radius 3 is 2.41 bits per heavy atom. The highest BCUT2D eigenvalue weighted by atomic mass is 16.6. The average Bonchev–Trinajstić information content (AvgIpc) is 3.67. The Bertz CT molecular complexity index is 1220. The number of hydrogen-bond donors (Lipinski definition) is 2. The van der Waals surface area contributed by atoms with Gasteiger partial charge in [-0.15, -0.1) is 0 Å². The Hall–Kier alpha value is -4.20. The van der Waals surface area contributed by atoms with Gasteiger partial charge in [0.15, 0.2) is 0 Å². The van der Waals surface area contributed by atoms with Crippen molar-refractivity contribution in [2.45, 2.75) is 31.8 Å². The van der Waals surface area contributed by atoms with Gasteiger partial charge in [-0.05, 0) is 61.7 Å². The molecular formula is C26H26N4O4. The van der Waals surface area contributed by atoms with Crippen molar-refractivity contribution < 1.29 is 14.5 Å². The molecule has 174 valence electrons. The fourth-order valence-corrected chi connectivity index (χ4v) is 3.66. The third kappa shape index (κ3) is 5.23. The van der Waals surface area contributed by atoms with E-state index in [4.69, 9.17) is 0 Å². The maximum absolute atomic E-state index is 13.1. The fourth-order valence-electron chi connectivity index (χ4n) is 3.66. The summed E-state index contributed by atoms with van der Waals surface area (Å²) < 4.78 is 0. The molecule has 0 spiro atoms. The molecule has 0 bridgehead atoms. The number of nitrogens with one attached hydrogen (secondary N) is 2. The number of benzene rings is 3. The molecule has 2 amide bonds. The van der Waals surface area contributed by atoms with Gasteiger partial charge in [0.2, 0.25) is 0 Å². The molecule has 1 saturated carbocycles. The summed E-state index contributed by atoms with van der Waals surface area (Å²) in [4.78, 5) is 38.2. The van der Waals surface area contributed by atoms with Crippen LogP contribution in [0.1, 0.15) is 52.1 Å². The Kier molecular flexibility index (Phi) is 6.58. The second kappa shape index (κ2) is 9.74. The van der Waals surface area contributed by atoms with Gasteiger partial charge in [-0.3, -0.25) is 19.7 Å². The summed E-state index contributed by atoms with van der Waals surface area (Å²) in [6, 6.07) is 20.7. The molecule has 1 unspecified atom stereocenters. The number of hydrogen-bond acceptors (Lipinski definition) is 5. The maximum Gasteiger partial charge on any atom is 0.293 e. The van der Waals surface area contributed by atoms with Gasteiger partial charge in [0.25, 0.3) is 17.5 Å². The minimum absolute atomic E-state index is 0.107. The number of anilines is 2. The van der Waals surface area contributed by atoms with E-state index in [0.717, 1.165) is 18.4 Å². The molecule has 1 atom stereocenters. The van der Waals surface area contributed by atoms with E-state index in [9.17, 15) is 19.7 Å². The molecule has 0 aliphatic heterocycles. The maximum atomic E-state index is 13.1. The quantitative estimate of drug-likeness (QED) is 0.354. The number of nitro groups is 1. The smallest absolute Gasteiger partial charge is 0.293 e. The zero-order chi connectivity index (χ0) is 24.2. The Morgan fingerprint density at radius 2 is 1.74 bits per heavy atom. The molecule has 0 radical (unpaired) electrons. The van der Waals surface area contributed by atoms with Crippen LogP contribution in [0.15, 0.2) is 72.8 Å². The molecule has 2 N–H and O–H groups in total. The van der Waals surface area contributed by atoms with Crippen LogP contribution < -0.4 is 10.6 Å². The Morgan fingerprint density at radius 1 is 1.00 bits per heavy atom. The number of carbonyl (C=O) groups is 2. The zero-order valence-corrected chi connectivity index (χ0v) is 19.0. The molecule has 0 saturated heterocycles. The van der Waals surface area contributed by atoms with E-state index in [1.807, 2.05) is 31.2 Å². The molecule has 3 aromatic carbocycles. The van der Waals surface area contributed by atoms with Crippen LogP contribution in [0, 0.1) is 10.1 Å². The molecule has 0 aromatic heterocycles. The van der Waals surface area contributed by atoms with Crippen molar-refractivity contribution in [3.05, 3.63) is 99.6 Å². The van der Waals surface area contributed by atoms with Crippen LogP contribution in [0.3, 0.4) is 0 Å². The van der Waals surface area contributed by atoms with Gasteiger partial charge < -0.3 is 15.5 Å². The first-order valence-corrected chi connectivity index (χ1v) is 11.1. The first-order valence-electron chi connectivity index (χ1n) is 11.1. The second-order valence-corrected chi connectivity index (χ2v) is 8.45. The van der Waals surface area contributed by atoms with Crippen molar-refractivity contribution in [2.24, 2.45) is 0 Å². The van der Waals surface area contributed by atoms with Gasteiger partial charge in [0.05, 0.1) is 11.0 Å². The van der Waals surface area contributed by atoms with E-state index in [2.05, 4.69) is 10.6 Å². The van der Waals surface area contributed by atoms with Crippen LogP contribution in [0.25, 0.3) is 0 Å². The summed E-state index contributed by atoms with van der Waals surface area (Å²) in [6.07, 6.45) is 1.98. The Labute approximate surface area is 197 Å². The minimum atomic E-state index is -0.468. The van der Waals surface area contributed by atoms with E-state index < -0.39 is 4.92 Å². The lowest BCUT2D eigenvalue weighted by Gasteiger charge is -2.26. The molecule has 4 rings (SSSR count). The van der Waals surface area contributed by atoms with Crippen molar-refractivity contribution in [3.8, 4) is 0 Å². The lowest BCUT2D eigenvalue weighted by atomic mass is 10.0. The monoisotopic (exact) mass is 458 g/mol. The van der Waals surface area contributed by atoms with E-state index in [-0.39, 0.29) is 35.1 Å². The SMILES string of the molecule is CC(c1cccc(NC(=O)c2ccccc2)c1)N(C)C(=O)c1ccc(NC2CC2)c([N+](=O)[O-])c1. The van der Waals surface area contributed by atoms with Crippen molar-refractivity contribution in [3.63, 3.8) is 0 Å². The van der Waals surface area contributed by atoms with Crippen molar-refractivity contribution >= 4 is 28.9 Å². The largest absolute Gasteiger partial charge is 0.377 e. The van der Waals surface area contributed by atoms with Crippen molar-refractivity contribution in [1.82, 2.24) is 4.90 Å². The van der Waals surface area contributed by atoms with Crippen molar-refractivity contribution in [2.75, 3.05) is 17.7 Å². The van der Waals surface area contributed by atoms with E-state index >= 15 is 0 Å². The zero-order valence-electron chi connectivity index (χ0n) is 19.0. The van der Waals surface area contributed by atoms with Gasteiger partial charge >= 0.3 is 0 Å². The predicted molar refractivity (Wildman–Crippen MR) is 131 cm³/mol. The number of amides is 2. The first kappa shape index (κ1) is 23.0. The van der Waals surface area contributed by atoms with Crippen LogP contribution in [0.2, 0.25) is 0 Å². The predicted octanol–water partition coefficient (Wildman–Crippen LogP) is 5.25. The standard InChI is InChI=1S/C26H26N4O4/c1-17(19-9-6-10-22(15-19)28-25(31)18-7-4-3-5-8-18)29(2)26(32)20-11-14-23(27-21-12-13-21)24(16-20)30(33)34/h3-11,14-17,21,27H,12-13H2,1-2H3,(H,28,31). The Balaban J connectivity index is 1.49. The van der Waals surface area contributed by atoms with Gasteiger partial charge in [-0.1, -0.05) is 30.3 Å². The fraction of sp³-hybridized carbons (Fsp3) is 0.231. The first-order chi connectivity index (χ1) is 16.3. The minimum Gasteiger partial charge on any atom is -0.377 e. The number of nitrogens with zero attached hydrogens (tertiary/aromatic N) is 2. The van der Waals surface area contributed by atoms with Crippen LogP contribution in [0.4, 0.5) is 17.1 Å². The lowest BCUT2D eigenvalue weighted by molar-refractivity contribution is -0.384. The van der Waals surface area contributed by atoms with Gasteiger partial charge in [0.1, 0.15) is 5.69 Å². The van der Waals surface area contributed by atoms with Gasteiger partial charge in [0, 0.05) is 36.0 Å². The lowest BCUT2D eigenvalue weighted by Crippen LogP contribution is -2.29. The second-order valence-electron chi connectivity index (χ2n) is 8.45. The normalized spacial score (nSPS) is 13.6. The topological polar surface area (TPSA) is 105 Å². The summed E-state index contributed by atoms with van der Waals surface area (Å²) in [6.45, 7) is 1.87. The molecule has 1 fully saturated rings. The summed E-state index contributed by atoms with van der Waals surface area (Å²) >= 11 is 0. The highest BCUT2D eigenvalue weighted by Gasteiger charge is 2.27. The van der Waals surface area contributed by atoms with Crippen LogP contribution in [-0.2, 0) is 0 Å². The summed E-state index contributed by atoms with van der Waals surface area (Å²) in [5.41, 5.74) is 2.56. The molecule has 0 heterocycles. The highest BCUT2D eigenvalue weighted by molar-refractivity contribution is 6.04. The van der Waals surface area contributed by atoms with Crippen LogP contribution in [-0.4, -0.2) is 34.7 Å². The average molecular weight is 459 g/mol. The summed E-state index contributed by atoms with van der Waals surface area (Å²) in [5, 5.41) is 17.6. The molecule has 8 nitrogen and oxygen atoms in total. The number of nitro benzene ring substituents is 1. The van der Waals surface area contributed by atoms with Crippen LogP contribution >= 0.6 is 0 Å². The molecule has 3 aromatic rings. The number of rotatable bonds is 8. The molecule has 1 aliphatic carbocycles. The van der Waals surface area contributed by atoms with E-state index in [1.165, 1.54) is 11.0 Å². The van der Waals surface area contributed by atoms with Crippen molar-refractivity contribution in [1.29, 1.82) is 0 Å². The summed E-state index contributed by atoms with van der Waals surface area (Å²) in [5.74, 6) is -0.547. The highest BCUT2D eigenvalue weighted by Crippen LogP contribution is 2.32. The van der Waals surface area contributed by atoms with E-state index in [1.54, 1.807) is 49.5 Å². The molecular weight excluding hydrogens is 432 g/mol.